The lowest BCUT2D eigenvalue weighted by molar-refractivity contribution is 0.282. The summed E-state index contributed by atoms with van der Waals surface area (Å²) >= 11 is 5.83. The Labute approximate surface area is 88.9 Å². The molecule has 0 fully saturated rings. The van der Waals surface area contributed by atoms with Crippen molar-refractivity contribution in [1.82, 2.24) is 0 Å². The molecule has 1 aromatic rings. The monoisotopic (exact) mass is 214 g/mol. The largest absolute Gasteiger partial charge is 0.397 e. The normalized spacial score (nSPS) is 12.5. The highest BCUT2D eigenvalue weighted by atomic mass is 35.5. The molecule has 0 aromatic heterocycles. The summed E-state index contributed by atoms with van der Waals surface area (Å²) in [5.41, 5.74) is 7.23. The number of rotatable bonds is 4. The molecule has 0 bridgehead atoms. The molecule has 0 spiro atoms. The number of hydrogen-bond donors (Lipinski definition) is 3. The molecule has 4 heteroatoms. The van der Waals surface area contributed by atoms with Crippen LogP contribution >= 0.6 is 11.6 Å². The van der Waals surface area contributed by atoms with Gasteiger partial charge in [-0.05, 0) is 31.5 Å². The van der Waals surface area contributed by atoms with Crippen LogP contribution in [-0.2, 0) is 0 Å². The lowest BCUT2D eigenvalue weighted by atomic mass is 10.2. The average Bonchev–Trinajstić information content (AvgIpc) is 2.12. The van der Waals surface area contributed by atoms with E-state index in [1.54, 1.807) is 18.2 Å². The molecule has 1 unspecified atom stereocenters. The van der Waals surface area contributed by atoms with Crippen LogP contribution in [0, 0.1) is 0 Å². The highest BCUT2D eigenvalue weighted by molar-refractivity contribution is 6.31. The number of aliphatic hydroxyl groups is 1. The second-order valence-electron chi connectivity index (χ2n) is 3.29. The molecule has 0 saturated heterocycles. The van der Waals surface area contributed by atoms with Crippen LogP contribution in [0.4, 0.5) is 11.4 Å². The summed E-state index contributed by atoms with van der Waals surface area (Å²) in [6.45, 7) is 2.14. The molecule has 0 aliphatic carbocycles. The minimum Gasteiger partial charge on any atom is -0.397 e. The molecule has 0 heterocycles. The number of hydrogen-bond acceptors (Lipinski definition) is 3. The van der Waals surface area contributed by atoms with E-state index in [2.05, 4.69) is 5.32 Å². The summed E-state index contributed by atoms with van der Waals surface area (Å²) in [6.07, 6.45) is 0.686. The van der Waals surface area contributed by atoms with Gasteiger partial charge in [0.05, 0.1) is 11.4 Å². The minimum atomic E-state index is 0.161. The zero-order chi connectivity index (χ0) is 10.6. The van der Waals surface area contributed by atoms with Gasteiger partial charge in [-0.3, -0.25) is 0 Å². The van der Waals surface area contributed by atoms with E-state index in [-0.39, 0.29) is 12.6 Å². The smallest absolute Gasteiger partial charge is 0.0590 e. The SMILES string of the molecule is CC(CCO)Nc1cc(Cl)ccc1N. The van der Waals surface area contributed by atoms with Crippen molar-refractivity contribution in [3.8, 4) is 0 Å². The van der Waals surface area contributed by atoms with E-state index < -0.39 is 0 Å². The molecule has 4 N–H and O–H groups in total. The molecular formula is C10H15ClN2O. The van der Waals surface area contributed by atoms with Gasteiger partial charge in [0, 0.05) is 17.7 Å². The van der Waals surface area contributed by atoms with E-state index >= 15 is 0 Å². The molecule has 0 amide bonds. The van der Waals surface area contributed by atoms with Gasteiger partial charge < -0.3 is 16.2 Å². The first kappa shape index (κ1) is 11.1. The minimum absolute atomic E-state index is 0.161. The van der Waals surface area contributed by atoms with Crippen LogP contribution in [-0.4, -0.2) is 17.8 Å². The molecule has 1 rings (SSSR count). The number of nitrogens with two attached hydrogens (primary N) is 1. The third-order valence-electron chi connectivity index (χ3n) is 1.98. The van der Waals surface area contributed by atoms with E-state index in [1.165, 1.54) is 0 Å². The second-order valence-corrected chi connectivity index (χ2v) is 3.73. The molecule has 0 aliphatic rings. The van der Waals surface area contributed by atoms with Crippen molar-refractivity contribution in [3.05, 3.63) is 23.2 Å². The van der Waals surface area contributed by atoms with Gasteiger partial charge >= 0.3 is 0 Å². The summed E-state index contributed by atoms with van der Waals surface area (Å²) in [6, 6.07) is 5.47. The van der Waals surface area contributed by atoms with Crippen molar-refractivity contribution in [1.29, 1.82) is 0 Å². The third kappa shape index (κ3) is 3.09. The Morgan fingerprint density at radius 2 is 2.29 bits per heavy atom. The Kier molecular flexibility index (Phi) is 4.04. The summed E-state index contributed by atoms with van der Waals surface area (Å²) in [5, 5.41) is 12.6. The van der Waals surface area contributed by atoms with Crippen LogP contribution in [0.1, 0.15) is 13.3 Å². The number of anilines is 2. The van der Waals surface area contributed by atoms with Gasteiger partial charge in [0.15, 0.2) is 0 Å². The van der Waals surface area contributed by atoms with E-state index in [0.717, 1.165) is 5.69 Å². The van der Waals surface area contributed by atoms with Crippen molar-refractivity contribution in [2.75, 3.05) is 17.7 Å². The predicted octanol–water partition coefficient (Wildman–Crippen LogP) is 2.10. The Morgan fingerprint density at radius 1 is 1.57 bits per heavy atom. The topological polar surface area (TPSA) is 58.3 Å². The Balaban J connectivity index is 2.70. The van der Waals surface area contributed by atoms with Gasteiger partial charge in [-0.1, -0.05) is 11.6 Å². The highest BCUT2D eigenvalue weighted by Gasteiger charge is 2.04. The number of aliphatic hydroxyl groups excluding tert-OH is 1. The van der Waals surface area contributed by atoms with E-state index in [0.29, 0.717) is 17.1 Å². The Morgan fingerprint density at radius 3 is 2.93 bits per heavy atom. The molecule has 1 aromatic carbocycles. The molecule has 0 aliphatic heterocycles. The highest BCUT2D eigenvalue weighted by Crippen LogP contribution is 2.23. The van der Waals surface area contributed by atoms with Gasteiger partial charge in [-0.25, -0.2) is 0 Å². The molecule has 14 heavy (non-hydrogen) atoms. The van der Waals surface area contributed by atoms with Crippen molar-refractivity contribution in [2.45, 2.75) is 19.4 Å². The second kappa shape index (κ2) is 5.08. The van der Waals surface area contributed by atoms with Crippen LogP contribution < -0.4 is 11.1 Å². The lowest BCUT2D eigenvalue weighted by Gasteiger charge is -2.15. The summed E-state index contributed by atoms with van der Waals surface area (Å²) in [4.78, 5) is 0. The first-order valence-corrected chi connectivity index (χ1v) is 4.93. The maximum atomic E-state index is 8.74. The number of benzene rings is 1. The average molecular weight is 215 g/mol. The predicted molar refractivity (Wildman–Crippen MR) is 60.7 cm³/mol. The van der Waals surface area contributed by atoms with E-state index in [1.807, 2.05) is 6.92 Å². The van der Waals surface area contributed by atoms with Crippen LogP contribution in [0.2, 0.25) is 5.02 Å². The molecule has 0 saturated carbocycles. The van der Waals surface area contributed by atoms with Gasteiger partial charge in [-0.2, -0.15) is 0 Å². The maximum Gasteiger partial charge on any atom is 0.0590 e. The number of halogens is 1. The fraction of sp³-hybridized carbons (Fsp3) is 0.400. The fourth-order valence-corrected chi connectivity index (χ4v) is 1.36. The van der Waals surface area contributed by atoms with Crippen LogP contribution in [0.15, 0.2) is 18.2 Å². The zero-order valence-electron chi connectivity index (χ0n) is 8.13. The fourth-order valence-electron chi connectivity index (χ4n) is 1.18. The van der Waals surface area contributed by atoms with Gasteiger partial charge in [0.25, 0.3) is 0 Å². The maximum absolute atomic E-state index is 8.74. The van der Waals surface area contributed by atoms with Crippen LogP contribution in [0.3, 0.4) is 0 Å². The van der Waals surface area contributed by atoms with Gasteiger partial charge in [0.2, 0.25) is 0 Å². The zero-order valence-corrected chi connectivity index (χ0v) is 8.88. The van der Waals surface area contributed by atoms with Gasteiger partial charge in [-0.15, -0.1) is 0 Å². The summed E-state index contributed by atoms with van der Waals surface area (Å²) in [5.74, 6) is 0. The van der Waals surface area contributed by atoms with Crippen molar-refractivity contribution >= 4 is 23.0 Å². The van der Waals surface area contributed by atoms with Crippen LogP contribution in [0.5, 0.6) is 0 Å². The van der Waals surface area contributed by atoms with E-state index in [9.17, 15) is 0 Å². The Hall–Kier alpha value is -0.930. The van der Waals surface area contributed by atoms with Crippen molar-refractivity contribution in [2.24, 2.45) is 0 Å². The summed E-state index contributed by atoms with van der Waals surface area (Å²) < 4.78 is 0. The third-order valence-corrected chi connectivity index (χ3v) is 2.21. The first-order chi connectivity index (χ1) is 6.63. The molecule has 0 radical (unpaired) electrons. The molecule has 3 nitrogen and oxygen atoms in total. The number of nitrogen functional groups attached to an aromatic ring is 1. The number of nitrogens with one attached hydrogen (secondary N) is 1. The molecule has 1 atom stereocenters. The molecular weight excluding hydrogens is 200 g/mol. The van der Waals surface area contributed by atoms with Gasteiger partial charge in [0.1, 0.15) is 0 Å². The van der Waals surface area contributed by atoms with E-state index in [4.69, 9.17) is 22.4 Å². The summed E-state index contributed by atoms with van der Waals surface area (Å²) in [7, 11) is 0. The lowest BCUT2D eigenvalue weighted by Crippen LogP contribution is -2.17. The Bertz CT molecular complexity index is 304. The molecule has 78 valence electrons. The first-order valence-electron chi connectivity index (χ1n) is 4.56. The van der Waals surface area contributed by atoms with Crippen molar-refractivity contribution in [3.63, 3.8) is 0 Å². The van der Waals surface area contributed by atoms with Crippen LogP contribution in [0.25, 0.3) is 0 Å². The standard InChI is InChI=1S/C10H15ClN2O/c1-7(4-5-14)13-10-6-8(11)2-3-9(10)12/h2-3,6-7,13-14H,4-5,12H2,1H3. The van der Waals surface area contributed by atoms with Crippen molar-refractivity contribution < 1.29 is 5.11 Å². The quantitative estimate of drug-likeness (QED) is 0.673.